The Bertz CT molecular complexity index is 2990. The van der Waals surface area contributed by atoms with Gasteiger partial charge in [0.1, 0.15) is 5.75 Å². The lowest BCUT2D eigenvalue weighted by atomic mass is 9.67. The van der Waals surface area contributed by atoms with Crippen molar-refractivity contribution < 1.29 is 17.9 Å². The van der Waals surface area contributed by atoms with Gasteiger partial charge in [0.25, 0.3) is 0 Å². The van der Waals surface area contributed by atoms with Crippen LogP contribution in [0, 0.1) is 0 Å². The first-order valence-electron chi connectivity index (χ1n) is 20.7. The van der Waals surface area contributed by atoms with E-state index in [1.807, 2.05) is 12.1 Å². The summed E-state index contributed by atoms with van der Waals surface area (Å²) >= 11 is 0. The average Bonchev–Trinajstić information content (AvgIpc) is 3.79. The molecule has 0 saturated heterocycles. The fraction of sp³-hybridized carbons (Fsp3) is 0.0526. The maximum Gasteiger partial charge on any atom is 0.573 e. The summed E-state index contributed by atoms with van der Waals surface area (Å²) in [5.74, 6) is -0.281. The van der Waals surface area contributed by atoms with E-state index in [9.17, 15) is 13.2 Å². The molecule has 9 aromatic rings. The molecule has 0 fully saturated rings. The lowest BCUT2D eigenvalue weighted by Crippen LogP contribution is -2.29. The zero-order chi connectivity index (χ0) is 41.9. The lowest BCUT2D eigenvalue weighted by Gasteiger charge is -2.35. The van der Waals surface area contributed by atoms with Crippen molar-refractivity contribution in [1.29, 1.82) is 0 Å². The van der Waals surface area contributed by atoms with Crippen LogP contribution in [-0.2, 0) is 10.8 Å². The van der Waals surface area contributed by atoms with Crippen LogP contribution >= 0.6 is 0 Å². The number of benzene rings is 9. The molecule has 9 aromatic carbocycles. The van der Waals surface area contributed by atoms with E-state index in [-0.39, 0.29) is 5.75 Å². The molecule has 0 saturated carbocycles. The summed E-state index contributed by atoms with van der Waals surface area (Å²) in [6.07, 6.45) is -4.81. The van der Waals surface area contributed by atoms with Crippen LogP contribution in [0.1, 0.15) is 44.5 Å². The molecule has 0 atom stereocenters. The number of hydrogen-bond acceptors (Lipinski definition) is 2. The fourth-order valence-corrected chi connectivity index (χ4v) is 10.4. The van der Waals surface area contributed by atoms with Crippen molar-refractivity contribution in [1.82, 2.24) is 0 Å². The number of nitrogens with zero attached hydrogens (tertiary/aromatic N) is 1. The molecule has 11 rings (SSSR count). The predicted octanol–water partition coefficient (Wildman–Crippen LogP) is 14.8. The molecule has 5 heteroatoms. The summed E-state index contributed by atoms with van der Waals surface area (Å²) in [5.41, 5.74) is 15.2. The summed E-state index contributed by atoms with van der Waals surface area (Å²) in [6, 6.07) is 79.2. The first kappa shape index (κ1) is 37.4. The minimum atomic E-state index is -4.81. The van der Waals surface area contributed by atoms with Crippen molar-refractivity contribution in [2.45, 2.75) is 17.2 Å². The quantitative estimate of drug-likeness (QED) is 0.152. The summed E-state index contributed by atoms with van der Waals surface area (Å²) in [7, 11) is 0. The van der Waals surface area contributed by atoms with Crippen molar-refractivity contribution in [2.75, 3.05) is 4.90 Å². The van der Waals surface area contributed by atoms with Crippen LogP contribution in [0.15, 0.2) is 231 Å². The smallest absolute Gasteiger partial charge is 0.406 e. The van der Waals surface area contributed by atoms with Gasteiger partial charge in [0, 0.05) is 17.1 Å². The molecule has 2 aliphatic rings. The molecule has 0 amide bonds. The van der Waals surface area contributed by atoms with Gasteiger partial charge in [-0.05, 0) is 115 Å². The van der Waals surface area contributed by atoms with Crippen LogP contribution in [0.5, 0.6) is 5.75 Å². The SMILES string of the molecule is FC(F)(F)Oc1ccc(N(c2ccc(C3(c4ccccc4)c4ccccc4-c4ccccc43)cc2)c2ccc3c(c2)C(c2ccccc2)(c2ccccc2)c2ccccc2-3)cc1. The number of alkyl halides is 3. The second-order valence-corrected chi connectivity index (χ2v) is 15.9. The molecule has 0 unspecified atom stereocenters. The first-order valence-corrected chi connectivity index (χ1v) is 20.7. The van der Waals surface area contributed by atoms with Gasteiger partial charge in [0.2, 0.25) is 0 Å². The topological polar surface area (TPSA) is 12.5 Å². The summed E-state index contributed by atoms with van der Waals surface area (Å²) in [5, 5.41) is 0. The number of rotatable bonds is 8. The number of fused-ring (bicyclic) bond motifs is 6. The van der Waals surface area contributed by atoms with Crippen LogP contribution in [0.2, 0.25) is 0 Å². The van der Waals surface area contributed by atoms with Gasteiger partial charge in [-0.25, -0.2) is 0 Å². The Morgan fingerprint density at radius 2 is 0.661 bits per heavy atom. The molecular weight excluding hydrogens is 772 g/mol. The van der Waals surface area contributed by atoms with Gasteiger partial charge in [-0.1, -0.05) is 182 Å². The largest absolute Gasteiger partial charge is 0.573 e. The highest BCUT2D eigenvalue weighted by Crippen LogP contribution is 2.58. The second kappa shape index (κ2) is 14.5. The van der Waals surface area contributed by atoms with Gasteiger partial charge in [0.15, 0.2) is 0 Å². The zero-order valence-corrected chi connectivity index (χ0v) is 33.4. The highest BCUT2D eigenvalue weighted by atomic mass is 19.4. The minimum absolute atomic E-state index is 0.281. The molecule has 2 nitrogen and oxygen atoms in total. The maximum absolute atomic E-state index is 13.4. The van der Waals surface area contributed by atoms with E-state index in [1.54, 1.807) is 12.1 Å². The Labute approximate surface area is 358 Å². The van der Waals surface area contributed by atoms with Crippen molar-refractivity contribution in [2.24, 2.45) is 0 Å². The number of halogens is 3. The molecule has 0 heterocycles. The Morgan fingerprint density at radius 3 is 1.10 bits per heavy atom. The average molecular weight is 810 g/mol. The predicted molar refractivity (Wildman–Crippen MR) is 242 cm³/mol. The van der Waals surface area contributed by atoms with Gasteiger partial charge in [-0.15, -0.1) is 13.2 Å². The number of ether oxygens (including phenoxy) is 1. The summed E-state index contributed by atoms with van der Waals surface area (Å²) < 4.78 is 44.5. The maximum atomic E-state index is 13.4. The van der Waals surface area contributed by atoms with E-state index in [1.165, 1.54) is 45.5 Å². The minimum Gasteiger partial charge on any atom is -0.406 e. The molecule has 298 valence electrons. The normalized spacial score (nSPS) is 14.0. The molecule has 0 aliphatic heterocycles. The fourth-order valence-electron chi connectivity index (χ4n) is 10.4. The molecule has 0 spiro atoms. The van der Waals surface area contributed by atoms with Gasteiger partial charge in [-0.2, -0.15) is 0 Å². The second-order valence-electron chi connectivity index (χ2n) is 15.9. The molecule has 0 radical (unpaired) electrons. The Kier molecular flexibility index (Phi) is 8.76. The first-order chi connectivity index (χ1) is 30.4. The van der Waals surface area contributed by atoms with Gasteiger partial charge in [-0.3, -0.25) is 0 Å². The van der Waals surface area contributed by atoms with Crippen molar-refractivity contribution in [3.63, 3.8) is 0 Å². The van der Waals surface area contributed by atoms with Crippen LogP contribution in [0.3, 0.4) is 0 Å². The van der Waals surface area contributed by atoms with E-state index < -0.39 is 17.2 Å². The van der Waals surface area contributed by atoms with Crippen molar-refractivity contribution in [3.05, 3.63) is 275 Å². The molecular formula is C57H38F3NO. The van der Waals surface area contributed by atoms with Gasteiger partial charge >= 0.3 is 6.36 Å². The highest BCUT2D eigenvalue weighted by molar-refractivity contribution is 5.90. The van der Waals surface area contributed by atoms with E-state index in [0.717, 1.165) is 44.8 Å². The molecule has 0 aromatic heterocycles. The third-order valence-electron chi connectivity index (χ3n) is 12.7. The van der Waals surface area contributed by atoms with Crippen LogP contribution in [0.4, 0.5) is 30.2 Å². The molecule has 2 aliphatic carbocycles. The third-order valence-corrected chi connectivity index (χ3v) is 12.7. The highest BCUT2D eigenvalue weighted by Gasteiger charge is 2.47. The number of hydrogen-bond donors (Lipinski definition) is 0. The van der Waals surface area contributed by atoms with Crippen molar-refractivity contribution in [3.8, 4) is 28.0 Å². The van der Waals surface area contributed by atoms with Crippen LogP contribution < -0.4 is 9.64 Å². The monoisotopic (exact) mass is 809 g/mol. The van der Waals surface area contributed by atoms with Gasteiger partial charge in [0.05, 0.1) is 10.8 Å². The summed E-state index contributed by atoms with van der Waals surface area (Å²) in [6.45, 7) is 0. The van der Waals surface area contributed by atoms with E-state index in [4.69, 9.17) is 0 Å². The van der Waals surface area contributed by atoms with Crippen LogP contribution in [-0.4, -0.2) is 6.36 Å². The van der Waals surface area contributed by atoms with Gasteiger partial charge < -0.3 is 9.64 Å². The van der Waals surface area contributed by atoms with E-state index in [2.05, 4.69) is 204 Å². The summed E-state index contributed by atoms with van der Waals surface area (Å²) in [4.78, 5) is 2.12. The zero-order valence-electron chi connectivity index (χ0n) is 33.4. The molecule has 62 heavy (non-hydrogen) atoms. The molecule has 0 N–H and O–H groups in total. The lowest BCUT2D eigenvalue weighted by molar-refractivity contribution is -0.274. The Morgan fingerprint density at radius 1 is 0.323 bits per heavy atom. The standard InChI is InChI=1S/C57H38F3NO/c58-57(59,60)62-46-35-32-44(33-36-46)61(43-30-28-42(29-31-43)55(39-16-4-1-5-17-39)51-25-13-10-22-47(51)48-23-11-14-26-52(48)55)45-34-37-50-49-24-12-15-27-53(49)56(54(50)38-45,40-18-6-2-7-19-40)41-20-8-3-9-21-41/h1-38H. The Balaban J connectivity index is 1.12. The molecule has 0 bridgehead atoms. The third kappa shape index (κ3) is 5.72. The number of anilines is 3. The van der Waals surface area contributed by atoms with E-state index in [0.29, 0.717) is 5.69 Å². The van der Waals surface area contributed by atoms with Crippen molar-refractivity contribution >= 4 is 17.1 Å². The van der Waals surface area contributed by atoms with Crippen LogP contribution in [0.25, 0.3) is 22.3 Å². The van der Waals surface area contributed by atoms with E-state index >= 15 is 0 Å². The Hall–Kier alpha value is -7.63.